The van der Waals surface area contributed by atoms with Crippen molar-refractivity contribution in [2.75, 3.05) is 56.5 Å². The Morgan fingerprint density at radius 1 is 1.08 bits per heavy atom. The predicted octanol–water partition coefficient (Wildman–Crippen LogP) is 2.28. The second kappa shape index (κ2) is 10.0. The van der Waals surface area contributed by atoms with Crippen LogP contribution in [0.1, 0.15) is 13.3 Å². The fraction of sp³-hybridized carbons (Fsp3) is 0.556. The van der Waals surface area contributed by atoms with Gasteiger partial charge >= 0.3 is 6.03 Å². The van der Waals surface area contributed by atoms with Crippen molar-refractivity contribution in [3.8, 4) is 0 Å². The molecule has 144 valence electrons. The van der Waals surface area contributed by atoms with Crippen molar-refractivity contribution in [3.05, 3.63) is 24.3 Å². The first-order valence-corrected chi connectivity index (χ1v) is 9.95. The van der Waals surface area contributed by atoms with E-state index in [1.807, 2.05) is 11.8 Å². The molecule has 0 unspecified atom stereocenters. The molecule has 2 aliphatic rings. The highest BCUT2D eigenvalue weighted by atomic mass is 35.5. The molecule has 0 radical (unpaired) electrons. The Bertz CT molecular complexity index is 607. The highest BCUT2D eigenvalue weighted by Crippen LogP contribution is 2.30. The summed E-state index contributed by atoms with van der Waals surface area (Å²) in [5.41, 5.74) is 1.34. The van der Waals surface area contributed by atoms with Gasteiger partial charge < -0.3 is 10.2 Å². The van der Waals surface area contributed by atoms with Gasteiger partial charge in [0.25, 0.3) is 0 Å². The Hall–Kier alpha value is -1.44. The maximum Gasteiger partial charge on any atom is 0.324 e. The number of carbonyl (C=O) groups excluding carboxylic acids is 2. The van der Waals surface area contributed by atoms with E-state index in [1.165, 1.54) is 15.5 Å². The number of para-hydroxylation sites is 1. The third-order valence-electron chi connectivity index (χ3n) is 4.67. The van der Waals surface area contributed by atoms with E-state index in [1.54, 1.807) is 0 Å². The van der Waals surface area contributed by atoms with Gasteiger partial charge in [-0.3, -0.25) is 14.6 Å². The van der Waals surface area contributed by atoms with Gasteiger partial charge in [0.2, 0.25) is 5.91 Å². The monoisotopic (exact) mass is 398 g/mol. The normalized spacial score (nSPS) is 18.0. The first-order valence-electron chi connectivity index (χ1n) is 8.96. The number of nitrogens with zero attached hydrogens (tertiary/aromatic N) is 3. The molecule has 1 aromatic rings. The summed E-state index contributed by atoms with van der Waals surface area (Å²) in [5.74, 6) is 0.972. The number of amides is 3. The van der Waals surface area contributed by atoms with Gasteiger partial charge in [-0.1, -0.05) is 19.1 Å². The molecule has 2 saturated heterocycles. The lowest BCUT2D eigenvalue weighted by Gasteiger charge is -2.37. The molecule has 6 nitrogen and oxygen atoms in total. The van der Waals surface area contributed by atoms with E-state index in [4.69, 9.17) is 0 Å². The second-order valence-corrected chi connectivity index (χ2v) is 7.59. The number of hydrogen-bond donors (Lipinski definition) is 1. The standard InChI is InChI=1S/C18H26N4O2S.ClH/c1-2-25-16-7-4-3-6-15(16)21-12-10-20(11-13-21)8-5-9-22-17(23)14-19-18(22)24;/h3-4,6-7H,2,5,8-14H2,1H3,(H,19,24);1H. The summed E-state index contributed by atoms with van der Waals surface area (Å²) in [6.07, 6.45) is 0.835. The minimum Gasteiger partial charge on any atom is -0.368 e. The summed E-state index contributed by atoms with van der Waals surface area (Å²) in [6.45, 7) is 7.85. The SMILES string of the molecule is CCSc1ccccc1N1CCN(CCCN2C(=O)CNC2=O)CC1.Cl. The van der Waals surface area contributed by atoms with Crippen LogP contribution in [0.5, 0.6) is 0 Å². The zero-order valence-electron chi connectivity index (χ0n) is 15.1. The molecule has 0 spiro atoms. The molecule has 26 heavy (non-hydrogen) atoms. The lowest BCUT2D eigenvalue weighted by atomic mass is 10.2. The largest absolute Gasteiger partial charge is 0.368 e. The topological polar surface area (TPSA) is 55.9 Å². The van der Waals surface area contributed by atoms with Crippen molar-refractivity contribution < 1.29 is 9.59 Å². The van der Waals surface area contributed by atoms with Crippen molar-refractivity contribution >= 4 is 41.8 Å². The van der Waals surface area contributed by atoms with Crippen molar-refractivity contribution in [3.63, 3.8) is 0 Å². The maximum atomic E-state index is 11.6. The van der Waals surface area contributed by atoms with Gasteiger partial charge in [0.05, 0.1) is 12.2 Å². The molecular weight excluding hydrogens is 372 g/mol. The van der Waals surface area contributed by atoms with Crippen molar-refractivity contribution in [1.29, 1.82) is 0 Å². The van der Waals surface area contributed by atoms with Crippen molar-refractivity contribution in [1.82, 2.24) is 15.1 Å². The highest BCUT2D eigenvalue weighted by Gasteiger charge is 2.28. The summed E-state index contributed by atoms with van der Waals surface area (Å²) in [5, 5.41) is 2.56. The van der Waals surface area contributed by atoms with Crippen LogP contribution in [0, 0.1) is 0 Å². The van der Waals surface area contributed by atoms with Crippen LogP contribution in [0.4, 0.5) is 10.5 Å². The Morgan fingerprint density at radius 2 is 1.81 bits per heavy atom. The molecule has 0 saturated carbocycles. The molecule has 2 heterocycles. The summed E-state index contributed by atoms with van der Waals surface area (Å²) in [7, 11) is 0. The number of imide groups is 1. The quantitative estimate of drug-likeness (QED) is 0.564. The van der Waals surface area contributed by atoms with Crippen LogP contribution in [-0.4, -0.2) is 73.3 Å². The molecule has 2 aliphatic heterocycles. The van der Waals surface area contributed by atoms with E-state index in [0.29, 0.717) is 6.54 Å². The van der Waals surface area contributed by atoms with Crippen LogP contribution >= 0.6 is 24.2 Å². The van der Waals surface area contributed by atoms with Crippen molar-refractivity contribution in [2.45, 2.75) is 18.2 Å². The number of carbonyl (C=O) groups is 2. The minimum absolute atomic E-state index is 0. The Morgan fingerprint density at radius 3 is 2.46 bits per heavy atom. The number of rotatable bonds is 7. The van der Waals surface area contributed by atoms with Crippen LogP contribution in [0.2, 0.25) is 0 Å². The molecular formula is C18H27ClN4O2S. The molecule has 2 fully saturated rings. The Labute approximate surface area is 165 Å². The third kappa shape index (κ3) is 5.05. The molecule has 8 heteroatoms. The predicted molar refractivity (Wildman–Crippen MR) is 108 cm³/mol. The lowest BCUT2D eigenvalue weighted by molar-refractivity contribution is -0.125. The van der Waals surface area contributed by atoms with Crippen LogP contribution in [0.25, 0.3) is 0 Å². The zero-order chi connectivity index (χ0) is 17.6. The number of urea groups is 1. The summed E-state index contributed by atoms with van der Waals surface area (Å²) >= 11 is 1.89. The molecule has 0 aliphatic carbocycles. The van der Waals surface area contributed by atoms with Gasteiger partial charge in [0.1, 0.15) is 0 Å². The van der Waals surface area contributed by atoms with Crippen LogP contribution < -0.4 is 10.2 Å². The zero-order valence-corrected chi connectivity index (χ0v) is 16.8. The molecule has 3 rings (SSSR count). The van der Waals surface area contributed by atoms with E-state index >= 15 is 0 Å². The fourth-order valence-corrected chi connectivity index (χ4v) is 4.17. The van der Waals surface area contributed by atoms with Gasteiger partial charge in [-0.2, -0.15) is 0 Å². The van der Waals surface area contributed by atoms with Crippen LogP contribution in [0.15, 0.2) is 29.2 Å². The molecule has 3 amide bonds. The second-order valence-electron chi connectivity index (χ2n) is 6.29. The van der Waals surface area contributed by atoms with Gasteiger partial charge in [-0.25, -0.2) is 4.79 Å². The molecule has 0 atom stereocenters. The number of anilines is 1. The van der Waals surface area contributed by atoms with Gasteiger partial charge in [0, 0.05) is 37.6 Å². The smallest absolute Gasteiger partial charge is 0.324 e. The summed E-state index contributed by atoms with van der Waals surface area (Å²) in [4.78, 5) is 30.7. The number of piperazine rings is 1. The Kier molecular flexibility index (Phi) is 8.06. The number of benzene rings is 1. The Balaban J connectivity index is 0.00000243. The molecule has 0 aromatic heterocycles. The van der Waals surface area contributed by atoms with E-state index in [2.05, 4.69) is 46.3 Å². The van der Waals surface area contributed by atoms with Gasteiger partial charge in [-0.15, -0.1) is 24.2 Å². The number of nitrogens with one attached hydrogen (secondary N) is 1. The van der Waals surface area contributed by atoms with Crippen LogP contribution in [0.3, 0.4) is 0 Å². The van der Waals surface area contributed by atoms with E-state index in [9.17, 15) is 9.59 Å². The maximum absolute atomic E-state index is 11.6. The van der Waals surface area contributed by atoms with Crippen LogP contribution in [-0.2, 0) is 4.79 Å². The van der Waals surface area contributed by atoms with E-state index in [-0.39, 0.29) is 30.9 Å². The first kappa shape index (κ1) is 20.9. The number of halogens is 1. The molecule has 1 aromatic carbocycles. The van der Waals surface area contributed by atoms with E-state index in [0.717, 1.165) is 44.9 Å². The minimum atomic E-state index is -0.250. The highest BCUT2D eigenvalue weighted by molar-refractivity contribution is 7.99. The van der Waals surface area contributed by atoms with Crippen molar-refractivity contribution in [2.24, 2.45) is 0 Å². The molecule has 0 bridgehead atoms. The lowest BCUT2D eigenvalue weighted by Crippen LogP contribution is -2.47. The number of hydrogen-bond acceptors (Lipinski definition) is 5. The van der Waals surface area contributed by atoms with E-state index < -0.39 is 0 Å². The summed E-state index contributed by atoms with van der Waals surface area (Å²) < 4.78 is 0. The summed E-state index contributed by atoms with van der Waals surface area (Å²) in [6, 6.07) is 8.38. The first-order chi connectivity index (χ1) is 12.2. The van der Waals surface area contributed by atoms with Gasteiger partial charge in [0.15, 0.2) is 0 Å². The molecule has 1 N–H and O–H groups in total. The average molecular weight is 399 g/mol. The fourth-order valence-electron chi connectivity index (χ4n) is 3.34. The van der Waals surface area contributed by atoms with Gasteiger partial charge in [-0.05, 0) is 30.9 Å². The number of thioether (sulfide) groups is 1. The average Bonchev–Trinajstić information content (AvgIpc) is 2.95. The third-order valence-corrected chi connectivity index (χ3v) is 5.62.